The Morgan fingerprint density at radius 1 is 1.21 bits per heavy atom. The summed E-state index contributed by atoms with van der Waals surface area (Å²) in [7, 11) is 1.73. The van der Waals surface area contributed by atoms with Gasteiger partial charge in [-0.3, -0.25) is 0 Å². The summed E-state index contributed by atoms with van der Waals surface area (Å²) in [5.74, 6) is 2.41. The van der Waals surface area contributed by atoms with Crippen molar-refractivity contribution in [3.05, 3.63) is 29.8 Å². The summed E-state index contributed by atoms with van der Waals surface area (Å²) in [6.45, 7) is 12.1. The van der Waals surface area contributed by atoms with Crippen LogP contribution < -0.4 is 10.1 Å². The first-order chi connectivity index (χ1) is 14.1. The molecule has 0 radical (unpaired) electrons. The number of hydrogen-bond donors (Lipinski definition) is 1. The molecule has 0 saturated carbocycles. The van der Waals surface area contributed by atoms with Crippen LogP contribution in [0.4, 0.5) is 0 Å². The Hall–Kier alpha value is -1.79. The minimum atomic E-state index is 0.344. The third-order valence-electron chi connectivity index (χ3n) is 4.87. The van der Waals surface area contributed by atoms with Gasteiger partial charge in [-0.2, -0.15) is 0 Å². The zero-order valence-electron chi connectivity index (χ0n) is 18.7. The van der Waals surface area contributed by atoms with Gasteiger partial charge in [0.1, 0.15) is 5.75 Å². The Morgan fingerprint density at radius 2 is 1.97 bits per heavy atom. The molecular weight excluding hydrogens is 366 g/mol. The Labute approximate surface area is 176 Å². The van der Waals surface area contributed by atoms with Crippen LogP contribution in [-0.2, 0) is 16.0 Å². The molecule has 0 spiro atoms. The van der Waals surface area contributed by atoms with Gasteiger partial charge >= 0.3 is 0 Å². The molecule has 1 aromatic rings. The monoisotopic (exact) mass is 405 g/mol. The van der Waals surface area contributed by atoms with Crippen molar-refractivity contribution in [2.45, 2.75) is 52.7 Å². The molecule has 2 rings (SSSR count). The summed E-state index contributed by atoms with van der Waals surface area (Å²) in [6.07, 6.45) is 3.37. The first-order valence-electron chi connectivity index (χ1n) is 11.0. The smallest absolute Gasteiger partial charge is 0.194 e. The molecule has 0 unspecified atom stereocenters. The molecular formula is C23H39N3O3. The topological polar surface area (TPSA) is 55.3 Å². The molecule has 1 aliphatic rings. The number of piperidine rings is 1. The Kier molecular flexibility index (Phi) is 10.9. The van der Waals surface area contributed by atoms with Gasteiger partial charge in [-0.25, -0.2) is 4.99 Å². The van der Waals surface area contributed by atoms with Crippen molar-refractivity contribution >= 4 is 5.96 Å². The lowest BCUT2D eigenvalue weighted by molar-refractivity contribution is 0.00990. The van der Waals surface area contributed by atoms with Crippen molar-refractivity contribution in [3.8, 4) is 5.75 Å². The summed E-state index contributed by atoms with van der Waals surface area (Å²) in [5.41, 5.74) is 1.12. The maximum atomic E-state index is 5.98. The van der Waals surface area contributed by atoms with Gasteiger partial charge in [0.05, 0.1) is 19.3 Å². The van der Waals surface area contributed by atoms with Crippen molar-refractivity contribution in [2.24, 2.45) is 10.9 Å². The van der Waals surface area contributed by atoms with Crippen molar-refractivity contribution < 1.29 is 14.2 Å². The number of rotatable bonds is 11. The van der Waals surface area contributed by atoms with Gasteiger partial charge in [0.25, 0.3) is 0 Å². The standard InChI is InChI=1S/C23H39N3O3/c1-5-24-23(26-13-11-21(12-14-26)28-16-8-15-27-4)25-17-20-9-6-7-10-22(20)29-18-19(2)3/h6-7,9-10,19,21H,5,8,11-18H2,1-4H3,(H,24,25). The second kappa shape index (κ2) is 13.4. The molecule has 29 heavy (non-hydrogen) atoms. The normalized spacial score (nSPS) is 15.8. The average Bonchev–Trinajstić information content (AvgIpc) is 2.74. The van der Waals surface area contributed by atoms with Gasteiger partial charge in [-0.05, 0) is 38.2 Å². The second-order valence-corrected chi connectivity index (χ2v) is 7.89. The third-order valence-corrected chi connectivity index (χ3v) is 4.87. The highest BCUT2D eigenvalue weighted by Gasteiger charge is 2.22. The molecule has 6 nitrogen and oxygen atoms in total. The molecule has 0 atom stereocenters. The van der Waals surface area contributed by atoms with Crippen LogP contribution in [0, 0.1) is 5.92 Å². The fraction of sp³-hybridized carbons (Fsp3) is 0.696. The average molecular weight is 406 g/mol. The molecule has 0 aromatic heterocycles. The first kappa shape index (κ1) is 23.5. The van der Waals surface area contributed by atoms with Crippen LogP contribution in [0.5, 0.6) is 5.75 Å². The van der Waals surface area contributed by atoms with E-state index in [-0.39, 0.29) is 0 Å². The Bertz CT molecular complexity index is 599. The number of guanidine groups is 1. The zero-order valence-corrected chi connectivity index (χ0v) is 18.7. The van der Waals surface area contributed by atoms with Gasteiger partial charge in [-0.15, -0.1) is 0 Å². The van der Waals surface area contributed by atoms with E-state index < -0.39 is 0 Å². The number of hydrogen-bond acceptors (Lipinski definition) is 4. The minimum absolute atomic E-state index is 0.344. The van der Waals surface area contributed by atoms with Gasteiger partial charge in [-0.1, -0.05) is 32.0 Å². The Morgan fingerprint density at radius 3 is 2.66 bits per heavy atom. The van der Waals surface area contributed by atoms with E-state index >= 15 is 0 Å². The molecule has 1 aromatic carbocycles. The summed E-state index contributed by atoms with van der Waals surface area (Å²) in [6, 6.07) is 8.20. The van der Waals surface area contributed by atoms with Gasteiger partial charge < -0.3 is 24.4 Å². The highest BCUT2D eigenvalue weighted by molar-refractivity contribution is 5.80. The molecule has 6 heteroatoms. The van der Waals surface area contributed by atoms with Crippen molar-refractivity contribution in [1.82, 2.24) is 10.2 Å². The van der Waals surface area contributed by atoms with Crippen LogP contribution in [0.2, 0.25) is 0 Å². The molecule has 1 saturated heterocycles. The summed E-state index contributed by atoms with van der Waals surface area (Å²) in [4.78, 5) is 7.24. The number of nitrogens with zero attached hydrogens (tertiary/aromatic N) is 2. The maximum Gasteiger partial charge on any atom is 0.194 e. The SMILES string of the molecule is CCNC(=NCc1ccccc1OCC(C)C)N1CCC(OCCCOC)CC1. The minimum Gasteiger partial charge on any atom is -0.493 e. The number of para-hydroxylation sites is 1. The van der Waals surface area contributed by atoms with Crippen molar-refractivity contribution in [3.63, 3.8) is 0 Å². The van der Waals surface area contributed by atoms with Crippen LogP contribution in [0.3, 0.4) is 0 Å². The number of ether oxygens (including phenoxy) is 3. The summed E-state index contributed by atoms with van der Waals surface area (Å²) >= 11 is 0. The summed E-state index contributed by atoms with van der Waals surface area (Å²) in [5, 5.41) is 3.44. The van der Waals surface area contributed by atoms with E-state index in [1.165, 1.54) is 0 Å². The van der Waals surface area contributed by atoms with E-state index in [2.05, 4.69) is 37.1 Å². The van der Waals surface area contributed by atoms with E-state index in [0.717, 1.165) is 76.0 Å². The fourth-order valence-corrected chi connectivity index (χ4v) is 3.31. The van der Waals surface area contributed by atoms with Crippen LogP contribution in [0.25, 0.3) is 0 Å². The molecule has 1 fully saturated rings. The number of benzene rings is 1. The molecule has 164 valence electrons. The van der Waals surface area contributed by atoms with Crippen molar-refractivity contribution in [2.75, 3.05) is 46.6 Å². The lowest BCUT2D eigenvalue weighted by atomic mass is 10.1. The molecule has 0 aliphatic carbocycles. The number of aliphatic imine (C=N–C) groups is 1. The predicted molar refractivity (Wildman–Crippen MR) is 119 cm³/mol. The first-order valence-corrected chi connectivity index (χ1v) is 11.0. The van der Waals surface area contributed by atoms with E-state index in [1.807, 2.05) is 18.2 Å². The number of nitrogens with one attached hydrogen (secondary N) is 1. The molecule has 1 N–H and O–H groups in total. The van der Waals surface area contributed by atoms with Gasteiger partial charge in [0.15, 0.2) is 5.96 Å². The molecule has 0 bridgehead atoms. The predicted octanol–water partition coefficient (Wildman–Crippen LogP) is 3.70. The lowest BCUT2D eigenvalue weighted by Gasteiger charge is -2.34. The lowest BCUT2D eigenvalue weighted by Crippen LogP contribution is -2.47. The quantitative estimate of drug-likeness (QED) is 0.346. The summed E-state index contributed by atoms with van der Waals surface area (Å²) < 4.78 is 17.0. The maximum absolute atomic E-state index is 5.98. The number of methoxy groups -OCH3 is 1. The van der Waals surface area contributed by atoms with Crippen LogP contribution >= 0.6 is 0 Å². The van der Waals surface area contributed by atoms with E-state index in [9.17, 15) is 0 Å². The van der Waals surface area contributed by atoms with Gasteiger partial charge in [0.2, 0.25) is 0 Å². The Balaban J connectivity index is 1.90. The molecule has 1 aliphatic heterocycles. The zero-order chi connectivity index (χ0) is 20.9. The van der Waals surface area contributed by atoms with E-state index in [1.54, 1.807) is 7.11 Å². The van der Waals surface area contributed by atoms with Crippen LogP contribution in [0.15, 0.2) is 29.3 Å². The van der Waals surface area contributed by atoms with Gasteiger partial charge in [0, 0.05) is 45.5 Å². The van der Waals surface area contributed by atoms with Crippen molar-refractivity contribution in [1.29, 1.82) is 0 Å². The second-order valence-electron chi connectivity index (χ2n) is 7.89. The molecule has 0 amide bonds. The highest BCUT2D eigenvalue weighted by atomic mass is 16.5. The largest absolute Gasteiger partial charge is 0.493 e. The highest BCUT2D eigenvalue weighted by Crippen LogP contribution is 2.20. The number of likely N-dealkylation sites (tertiary alicyclic amines) is 1. The van der Waals surface area contributed by atoms with Crippen LogP contribution in [0.1, 0.15) is 45.6 Å². The fourth-order valence-electron chi connectivity index (χ4n) is 3.31. The van der Waals surface area contributed by atoms with E-state index in [0.29, 0.717) is 18.6 Å². The van der Waals surface area contributed by atoms with Crippen LogP contribution in [-0.4, -0.2) is 63.5 Å². The third kappa shape index (κ3) is 8.62. The molecule has 1 heterocycles. The van der Waals surface area contributed by atoms with E-state index in [4.69, 9.17) is 19.2 Å².